The molecule has 0 N–H and O–H groups in total. The van der Waals surface area contributed by atoms with E-state index in [0.29, 0.717) is 35.3 Å². The fourth-order valence-corrected chi connectivity index (χ4v) is 3.36. The number of hydrogen-bond donors (Lipinski definition) is 0. The molecule has 0 atom stereocenters. The van der Waals surface area contributed by atoms with Crippen molar-refractivity contribution in [2.75, 3.05) is 6.61 Å². The molecule has 3 aromatic rings. The second kappa shape index (κ2) is 10.3. The third-order valence-electron chi connectivity index (χ3n) is 4.22. The molecule has 0 heterocycles. The van der Waals surface area contributed by atoms with Crippen LogP contribution >= 0.6 is 27.5 Å². The molecule has 6 heteroatoms. The Labute approximate surface area is 188 Å². The lowest BCUT2D eigenvalue weighted by molar-refractivity contribution is 0.269. The topological polar surface area (TPSA) is 42.2 Å². The van der Waals surface area contributed by atoms with Gasteiger partial charge in [0.2, 0.25) is 0 Å². The van der Waals surface area contributed by atoms with Crippen molar-refractivity contribution in [3.63, 3.8) is 0 Å². The van der Waals surface area contributed by atoms with Gasteiger partial charge in [-0.05, 0) is 54.5 Å². The summed E-state index contributed by atoms with van der Waals surface area (Å²) in [7, 11) is 0. The van der Waals surface area contributed by atoms with E-state index in [9.17, 15) is 9.65 Å². The highest BCUT2D eigenvalue weighted by molar-refractivity contribution is 9.10. The van der Waals surface area contributed by atoms with Crippen LogP contribution in [0.4, 0.5) is 4.39 Å². The highest BCUT2D eigenvalue weighted by Crippen LogP contribution is 2.38. The molecule has 0 aliphatic rings. The van der Waals surface area contributed by atoms with Gasteiger partial charge in [0.15, 0.2) is 11.5 Å². The Morgan fingerprint density at radius 2 is 1.87 bits per heavy atom. The van der Waals surface area contributed by atoms with Crippen molar-refractivity contribution in [2.45, 2.75) is 13.5 Å². The number of nitrogens with zero attached hydrogens (tertiary/aromatic N) is 1. The zero-order chi connectivity index (χ0) is 21.5. The van der Waals surface area contributed by atoms with Crippen LogP contribution in [0.15, 0.2) is 65.1 Å². The monoisotopic (exact) mass is 485 g/mol. The summed E-state index contributed by atoms with van der Waals surface area (Å²) in [5, 5.41) is 9.86. The van der Waals surface area contributed by atoms with Gasteiger partial charge in [-0.25, -0.2) is 4.39 Å². The highest BCUT2D eigenvalue weighted by Gasteiger charge is 2.14. The molecule has 0 aliphatic carbocycles. The van der Waals surface area contributed by atoms with E-state index >= 15 is 0 Å². The first kappa shape index (κ1) is 21.9. The number of hydrogen-bond acceptors (Lipinski definition) is 3. The van der Waals surface area contributed by atoms with Crippen molar-refractivity contribution in [3.8, 4) is 17.6 Å². The van der Waals surface area contributed by atoms with E-state index in [1.54, 1.807) is 36.4 Å². The van der Waals surface area contributed by atoms with Crippen molar-refractivity contribution >= 4 is 39.2 Å². The van der Waals surface area contributed by atoms with Crippen molar-refractivity contribution in [3.05, 3.63) is 92.7 Å². The lowest BCUT2D eigenvalue weighted by Gasteiger charge is -2.15. The third-order valence-corrected chi connectivity index (χ3v) is 5.03. The lowest BCUT2D eigenvalue weighted by atomic mass is 10.0. The molecular weight excluding hydrogens is 469 g/mol. The summed E-state index contributed by atoms with van der Waals surface area (Å²) < 4.78 is 26.7. The van der Waals surface area contributed by atoms with Crippen LogP contribution in [0.1, 0.15) is 23.6 Å². The van der Waals surface area contributed by atoms with E-state index < -0.39 is 5.82 Å². The summed E-state index contributed by atoms with van der Waals surface area (Å²) in [6.07, 6.45) is 1.57. The van der Waals surface area contributed by atoms with Gasteiger partial charge in [0.1, 0.15) is 12.4 Å². The molecule has 0 aliphatic heterocycles. The molecule has 152 valence electrons. The second-order valence-electron chi connectivity index (χ2n) is 6.33. The van der Waals surface area contributed by atoms with Gasteiger partial charge >= 0.3 is 0 Å². The van der Waals surface area contributed by atoms with Gasteiger partial charge in [0, 0.05) is 10.0 Å². The van der Waals surface area contributed by atoms with E-state index in [1.165, 1.54) is 6.07 Å². The molecule has 0 fully saturated rings. The molecule has 3 nitrogen and oxygen atoms in total. The molecule has 3 aromatic carbocycles. The summed E-state index contributed by atoms with van der Waals surface area (Å²) in [5.74, 6) is 0.415. The Balaban J connectivity index is 1.93. The Hall–Kier alpha value is -2.81. The number of halogens is 3. The maximum Gasteiger partial charge on any atom is 0.180 e. The van der Waals surface area contributed by atoms with E-state index in [-0.39, 0.29) is 11.1 Å². The average Bonchev–Trinajstić information content (AvgIpc) is 2.73. The molecule has 30 heavy (non-hydrogen) atoms. The minimum atomic E-state index is -0.462. The van der Waals surface area contributed by atoms with Crippen LogP contribution in [0, 0.1) is 17.1 Å². The molecule has 0 amide bonds. The number of benzene rings is 3. The normalized spacial score (nSPS) is 11.1. The molecule has 0 unspecified atom stereocenters. The molecule has 0 spiro atoms. The van der Waals surface area contributed by atoms with E-state index in [2.05, 4.69) is 15.9 Å². The number of rotatable bonds is 7. The van der Waals surface area contributed by atoms with Crippen molar-refractivity contribution < 1.29 is 13.9 Å². The summed E-state index contributed by atoms with van der Waals surface area (Å²) in [6, 6.07) is 19.3. The Bertz CT molecular complexity index is 1110. The van der Waals surface area contributed by atoms with Crippen molar-refractivity contribution in [1.82, 2.24) is 0 Å². The standard InChI is InChI=1S/C24H18BrClFNO2/c1-2-29-23-13-17(11-18(14-28)20-5-3-4-6-22(20)27)12-21(26)24(23)30-15-16-7-9-19(25)10-8-16/h3-13H,2,15H2,1H3/b18-11-. The average molecular weight is 487 g/mol. The smallest absolute Gasteiger partial charge is 0.180 e. The van der Waals surface area contributed by atoms with Crippen LogP contribution in [0.3, 0.4) is 0 Å². The van der Waals surface area contributed by atoms with Gasteiger partial charge in [0.25, 0.3) is 0 Å². The molecule has 0 radical (unpaired) electrons. The van der Waals surface area contributed by atoms with Crippen LogP contribution in [0.25, 0.3) is 11.6 Å². The fourth-order valence-electron chi connectivity index (χ4n) is 2.83. The van der Waals surface area contributed by atoms with E-state index in [4.69, 9.17) is 21.1 Å². The number of nitriles is 1. The zero-order valence-electron chi connectivity index (χ0n) is 16.2. The molecule has 0 aromatic heterocycles. The first-order valence-corrected chi connectivity index (χ1v) is 10.4. The first-order valence-electron chi connectivity index (χ1n) is 9.22. The largest absolute Gasteiger partial charge is 0.490 e. The van der Waals surface area contributed by atoms with Gasteiger partial charge in [-0.15, -0.1) is 0 Å². The quantitative estimate of drug-likeness (QED) is 0.260. The van der Waals surface area contributed by atoms with Gasteiger partial charge in [-0.2, -0.15) is 5.26 Å². The summed E-state index contributed by atoms with van der Waals surface area (Å²) >= 11 is 9.87. The van der Waals surface area contributed by atoms with Crippen molar-refractivity contribution in [2.24, 2.45) is 0 Å². The Morgan fingerprint density at radius 3 is 2.53 bits per heavy atom. The van der Waals surface area contributed by atoms with Gasteiger partial charge in [0.05, 0.1) is 23.3 Å². The molecule has 0 bridgehead atoms. The van der Waals surface area contributed by atoms with Gasteiger partial charge in [-0.3, -0.25) is 0 Å². The van der Waals surface area contributed by atoms with Crippen LogP contribution in [0.2, 0.25) is 5.02 Å². The summed E-state index contributed by atoms with van der Waals surface area (Å²) in [6.45, 7) is 2.59. The maximum absolute atomic E-state index is 14.1. The van der Waals surface area contributed by atoms with E-state index in [1.807, 2.05) is 37.3 Å². The highest BCUT2D eigenvalue weighted by atomic mass is 79.9. The fraction of sp³-hybridized carbons (Fsp3) is 0.125. The Morgan fingerprint density at radius 1 is 1.13 bits per heavy atom. The molecule has 0 saturated carbocycles. The van der Waals surface area contributed by atoms with Crippen LogP contribution < -0.4 is 9.47 Å². The minimum absolute atomic E-state index is 0.190. The second-order valence-corrected chi connectivity index (χ2v) is 7.65. The molecular formula is C24H18BrClFNO2. The van der Waals surface area contributed by atoms with Gasteiger partial charge in [-0.1, -0.05) is 57.9 Å². The summed E-state index contributed by atoms with van der Waals surface area (Å²) in [5.41, 5.74) is 2.01. The maximum atomic E-state index is 14.1. The SMILES string of the molecule is CCOc1cc(/C=C(/C#N)c2ccccc2F)cc(Cl)c1OCc1ccc(Br)cc1. The predicted octanol–water partition coefficient (Wildman–Crippen LogP) is 7.28. The minimum Gasteiger partial charge on any atom is -0.490 e. The summed E-state index contributed by atoms with van der Waals surface area (Å²) in [4.78, 5) is 0. The molecule has 0 saturated heterocycles. The Kier molecular flexibility index (Phi) is 7.51. The first-order chi connectivity index (χ1) is 14.5. The number of allylic oxidation sites excluding steroid dienone is 1. The zero-order valence-corrected chi connectivity index (χ0v) is 18.5. The molecule has 3 rings (SSSR count). The van der Waals surface area contributed by atoms with Crippen molar-refractivity contribution in [1.29, 1.82) is 5.26 Å². The lowest BCUT2D eigenvalue weighted by Crippen LogP contribution is -2.01. The van der Waals surface area contributed by atoms with Crippen LogP contribution in [-0.4, -0.2) is 6.61 Å². The number of ether oxygens (including phenoxy) is 2. The van der Waals surface area contributed by atoms with Crippen LogP contribution in [0.5, 0.6) is 11.5 Å². The predicted molar refractivity (Wildman–Crippen MR) is 121 cm³/mol. The van der Waals surface area contributed by atoms with E-state index in [0.717, 1.165) is 10.0 Å². The third kappa shape index (κ3) is 5.41. The van der Waals surface area contributed by atoms with Gasteiger partial charge < -0.3 is 9.47 Å². The van der Waals surface area contributed by atoms with Crippen LogP contribution in [-0.2, 0) is 6.61 Å².